The summed E-state index contributed by atoms with van der Waals surface area (Å²) in [5.41, 5.74) is 5.27. The maximum atomic E-state index is 12.8. The van der Waals surface area contributed by atoms with Crippen LogP contribution in [0.2, 0.25) is 0 Å². The van der Waals surface area contributed by atoms with Gasteiger partial charge >= 0.3 is 0 Å². The zero-order valence-corrected chi connectivity index (χ0v) is 20.4. The second-order valence-corrected chi connectivity index (χ2v) is 10.0. The zero-order valence-electron chi connectivity index (χ0n) is 19.6. The van der Waals surface area contributed by atoms with Crippen LogP contribution in [0.4, 0.5) is 0 Å². The minimum atomic E-state index is 0.0846. The van der Waals surface area contributed by atoms with Crippen LogP contribution in [-0.2, 0) is 11.8 Å². The van der Waals surface area contributed by atoms with E-state index >= 15 is 0 Å². The molecule has 0 saturated carbocycles. The topological polar surface area (TPSA) is 47.8 Å². The van der Waals surface area contributed by atoms with E-state index in [1.54, 1.807) is 0 Å². The lowest BCUT2D eigenvalue weighted by Crippen LogP contribution is -2.10. The number of carbonyl (C=O) groups excluding carboxylic acids is 1. The van der Waals surface area contributed by atoms with Crippen LogP contribution < -0.4 is 0 Å². The Morgan fingerprint density at radius 3 is 2.15 bits per heavy atom. The number of benzene rings is 3. The van der Waals surface area contributed by atoms with E-state index in [2.05, 4.69) is 62.2 Å². The largest absolute Gasteiger partial charge is 0.293 e. The average Bonchev–Trinajstić information content (AvgIpc) is 3.26. The van der Waals surface area contributed by atoms with Crippen molar-refractivity contribution in [1.29, 1.82) is 0 Å². The molecule has 0 aliphatic rings. The van der Waals surface area contributed by atoms with Gasteiger partial charge < -0.3 is 0 Å². The summed E-state index contributed by atoms with van der Waals surface area (Å²) >= 11 is 1.42. The van der Waals surface area contributed by atoms with Crippen molar-refractivity contribution in [1.82, 2.24) is 14.8 Å². The van der Waals surface area contributed by atoms with E-state index in [0.29, 0.717) is 10.9 Å². The maximum Gasteiger partial charge on any atom is 0.196 e. The van der Waals surface area contributed by atoms with Gasteiger partial charge in [0.15, 0.2) is 16.8 Å². The Labute approximate surface area is 200 Å². The molecule has 0 fully saturated rings. The fourth-order valence-corrected chi connectivity index (χ4v) is 4.47. The summed E-state index contributed by atoms with van der Waals surface area (Å²) in [5.74, 6) is 1.16. The summed E-state index contributed by atoms with van der Waals surface area (Å²) in [6.45, 7) is 8.72. The van der Waals surface area contributed by atoms with Gasteiger partial charge in [-0.3, -0.25) is 9.36 Å². The molecule has 0 N–H and O–H groups in total. The number of ketones is 1. The number of nitrogens with zero attached hydrogens (tertiary/aromatic N) is 3. The number of rotatable bonds is 7. The summed E-state index contributed by atoms with van der Waals surface area (Å²) in [4.78, 5) is 12.8. The van der Waals surface area contributed by atoms with Gasteiger partial charge in [0.25, 0.3) is 0 Å². The second kappa shape index (κ2) is 9.75. The monoisotopic (exact) mass is 455 g/mol. The molecule has 0 aliphatic carbocycles. The number of hydrogen-bond acceptors (Lipinski definition) is 4. The first-order valence-electron chi connectivity index (χ1n) is 11.2. The second-order valence-electron chi connectivity index (χ2n) is 9.07. The highest BCUT2D eigenvalue weighted by molar-refractivity contribution is 7.99. The van der Waals surface area contributed by atoms with Crippen LogP contribution in [0.15, 0.2) is 84.0 Å². The third kappa shape index (κ3) is 5.25. The molecule has 3 aromatic carbocycles. The molecular weight excluding hydrogens is 426 g/mol. The third-order valence-electron chi connectivity index (χ3n) is 5.67. The normalized spacial score (nSPS) is 11.5. The van der Waals surface area contributed by atoms with Gasteiger partial charge in [-0.05, 0) is 35.1 Å². The van der Waals surface area contributed by atoms with Gasteiger partial charge in [-0.15, -0.1) is 10.2 Å². The Hall–Kier alpha value is -3.18. The summed E-state index contributed by atoms with van der Waals surface area (Å²) in [6, 6.07) is 26.4. The van der Waals surface area contributed by atoms with Crippen molar-refractivity contribution < 1.29 is 4.79 Å². The molecule has 5 heteroatoms. The minimum Gasteiger partial charge on any atom is -0.293 e. The molecule has 0 amide bonds. The molecule has 0 aliphatic heterocycles. The lowest BCUT2D eigenvalue weighted by atomic mass is 9.87. The van der Waals surface area contributed by atoms with Crippen LogP contribution in [0.3, 0.4) is 0 Å². The van der Waals surface area contributed by atoms with E-state index in [0.717, 1.165) is 29.1 Å². The first-order chi connectivity index (χ1) is 15.9. The molecule has 0 spiro atoms. The number of thioether (sulfide) groups is 1. The highest BCUT2D eigenvalue weighted by Gasteiger charge is 2.19. The van der Waals surface area contributed by atoms with Crippen molar-refractivity contribution in [3.05, 3.63) is 95.6 Å². The molecule has 4 aromatic rings. The fourth-order valence-electron chi connectivity index (χ4n) is 3.62. The molecule has 0 atom stereocenters. The number of Topliss-reactive ketones (excluding diaryl/α,β-unsaturated/α-hetero) is 1. The highest BCUT2D eigenvalue weighted by atomic mass is 32.2. The molecule has 0 saturated heterocycles. The van der Waals surface area contributed by atoms with Crippen molar-refractivity contribution in [3.63, 3.8) is 0 Å². The molecule has 0 bridgehead atoms. The van der Waals surface area contributed by atoms with Crippen LogP contribution >= 0.6 is 11.8 Å². The van der Waals surface area contributed by atoms with Crippen molar-refractivity contribution in [3.8, 4) is 17.1 Å². The molecule has 0 radical (unpaired) electrons. The number of aromatic nitrogens is 3. The fraction of sp³-hybridized carbons (Fsp3) is 0.250. The van der Waals surface area contributed by atoms with E-state index < -0.39 is 0 Å². The SMILES string of the molecule is CCc1ccc(C(=O)CSc2nnc(-c3ccc(C(C)(C)C)cc3)n2-c2ccccc2)cc1. The molecule has 1 heterocycles. The van der Waals surface area contributed by atoms with E-state index in [1.165, 1.54) is 22.9 Å². The Balaban J connectivity index is 1.63. The van der Waals surface area contributed by atoms with Crippen molar-refractivity contribution in [2.24, 2.45) is 0 Å². The Morgan fingerprint density at radius 1 is 0.879 bits per heavy atom. The third-order valence-corrected chi connectivity index (χ3v) is 6.60. The summed E-state index contributed by atoms with van der Waals surface area (Å²) < 4.78 is 2.03. The number of para-hydroxylation sites is 1. The highest BCUT2D eigenvalue weighted by Crippen LogP contribution is 2.30. The van der Waals surface area contributed by atoms with Gasteiger partial charge in [0.05, 0.1) is 5.75 Å². The van der Waals surface area contributed by atoms with Crippen molar-refractivity contribution in [2.75, 3.05) is 5.75 Å². The van der Waals surface area contributed by atoms with Gasteiger partial charge in [-0.2, -0.15) is 0 Å². The standard InChI is InChI=1S/C28H29N3OS/c1-5-20-11-13-21(14-12-20)25(32)19-33-27-30-29-26(31(27)24-9-7-6-8-10-24)22-15-17-23(18-16-22)28(2,3)4/h6-18H,5,19H2,1-4H3. The van der Waals surface area contributed by atoms with E-state index in [1.807, 2.05) is 59.2 Å². The molecule has 1 aromatic heterocycles. The van der Waals surface area contributed by atoms with Crippen LogP contribution in [0, 0.1) is 0 Å². The smallest absolute Gasteiger partial charge is 0.196 e. The van der Waals surface area contributed by atoms with Gasteiger partial charge in [0.1, 0.15) is 0 Å². The summed E-state index contributed by atoms with van der Waals surface area (Å²) in [5, 5.41) is 9.67. The lowest BCUT2D eigenvalue weighted by molar-refractivity contribution is 0.102. The predicted molar refractivity (Wildman–Crippen MR) is 136 cm³/mol. The van der Waals surface area contributed by atoms with Gasteiger partial charge in [-0.25, -0.2) is 0 Å². The summed E-state index contributed by atoms with van der Waals surface area (Å²) in [6.07, 6.45) is 0.961. The van der Waals surface area contributed by atoms with Crippen LogP contribution in [0.1, 0.15) is 49.2 Å². The van der Waals surface area contributed by atoms with Crippen LogP contribution in [0.25, 0.3) is 17.1 Å². The number of carbonyl (C=O) groups is 1. The molecule has 4 rings (SSSR count). The van der Waals surface area contributed by atoms with Gasteiger partial charge in [-0.1, -0.05) is 106 Å². The Morgan fingerprint density at radius 2 is 1.55 bits per heavy atom. The minimum absolute atomic E-state index is 0.0846. The van der Waals surface area contributed by atoms with Crippen LogP contribution in [-0.4, -0.2) is 26.3 Å². The first kappa shape index (κ1) is 23.0. The average molecular weight is 456 g/mol. The molecule has 4 nitrogen and oxygen atoms in total. The predicted octanol–water partition coefficient (Wildman–Crippen LogP) is 6.77. The summed E-state index contributed by atoms with van der Waals surface area (Å²) in [7, 11) is 0. The maximum absolute atomic E-state index is 12.8. The Kier molecular flexibility index (Phi) is 6.80. The number of aryl methyl sites for hydroxylation is 1. The molecule has 0 unspecified atom stereocenters. The zero-order chi connectivity index (χ0) is 23.4. The molecular formula is C28H29N3OS. The quantitative estimate of drug-likeness (QED) is 0.228. The van der Waals surface area contributed by atoms with Crippen LogP contribution in [0.5, 0.6) is 0 Å². The number of hydrogen-bond donors (Lipinski definition) is 0. The van der Waals surface area contributed by atoms with Crippen molar-refractivity contribution in [2.45, 2.75) is 44.7 Å². The van der Waals surface area contributed by atoms with Gasteiger partial charge in [0, 0.05) is 16.8 Å². The van der Waals surface area contributed by atoms with E-state index in [-0.39, 0.29) is 11.2 Å². The van der Waals surface area contributed by atoms with E-state index in [4.69, 9.17) is 0 Å². The van der Waals surface area contributed by atoms with Crippen molar-refractivity contribution >= 4 is 17.5 Å². The lowest BCUT2D eigenvalue weighted by Gasteiger charge is -2.19. The Bertz CT molecular complexity index is 1220. The molecule has 168 valence electrons. The molecule has 33 heavy (non-hydrogen) atoms. The van der Waals surface area contributed by atoms with Gasteiger partial charge in [0.2, 0.25) is 0 Å². The first-order valence-corrected chi connectivity index (χ1v) is 12.2. The van der Waals surface area contributed by atoms with E-state index in [9.17, 15) is 4.79 Å².